The van der Waals surface area contributed by atoms with E-state index >= 15 is 0 Å². The monoisotopic (exact) mass is 331 g/mol. The number of anilines is 1. The summed E-state index contributed by atoms with van der Waals surface area (Å²) in [5.74, 6) is 0.695. The van der Waals surface area contributed by atoms with Gasteiger partial charge < -0.3 is 19.8 Å². The molecule has 0 bridgehead atoms. The number of nitrogens with zero attached hydrogens (tertiary/aromatic N) is 1. The predicted molar refractivity (Wildman–Crippen MR) is 93.0 cm³/mol. The molecule has 6 nitrogen and oxygen atoms in total. The van der Waals surface area contributed by atoms with E-state index < -0.39 is 0 Å². The number of ether oxygens (including phenoxy) is 1. The van der Waals surface area contributed by atoms with Crippen molar-refractivity contribution in [2.24, 2.45) is 5.41 Å². The van der Waals surface area contributed by atoms with Crippen molar-refractivity contribution < 1.29 is 13.9 Å². The number of rotatable bonds is 4. The van der Waals surface area contributed by atoms with Gasteiger partial charge in [-0.2, -0.15) is 0 Å². The van der Waals surface area contributed by atoms with Crippen molar-refractivity contribution in [3.63, 3.8) is 0 Å². The summed E-state index contributed by atoms with van der Waals surface area (Å²) >= 11 is 0. The number of carbonyl (C=O) groups excluding carboxylic acids is 1. The molecule has 1 atom stereocenters. The number of hydrogen-bond acceptors (Lipinski definition) is 5. The average Bonchev–Trinajstić information content (AvgIpc) is 2.87. The average molecular weight is 331 g/mol. The summed E-state index contributed by atoms with van der Waals surface area (Å²) in [4.78, 5) is 16.7. The van der Waals surface area contributed by atoms with Crippen molar-refractivity contribution in [3.05, 3.63) is 24.1 Å². The Labute approximate surface area is 142 Å². The van der Waals surface area contributed by atoms with Crippen LogP contribution in [-0.2, 0) is 16.0 Å². The van der Waals surface area contributed by atoms with Gasteiger partial charge in [0, 0.05) is 31.1 Å². The standard InChI is InChI=1S/C18H25N3O3/c1-18(2,3)10-17-21-14-8-12(4-5-15(14)24-17)20-16(22)9-13-11-23-7-6-19-13/h4-5,8,13,19H,6-7,9-11H2,1-3H3,(H,20,22). The molecule has 2 N–H and O–H groups in total. The molecule has 1 saturated heterocycles. The van der Waals surface area contributed by atoms with E-state index in [1.807, 2.05) is 18.2 Å². The molecule has 0 spiro atoms. The number of aromatic nitrogens is 1. The lowest BCUT2D eigenvalue weighted by molar-refractivity contribution is -0.117. The highest BCUT2D eigenvalue weighted by Gasteiger charge is 2.18. The summed E-state index contributed by atoms with van der Waals surface area (Å²) < 4.78 is 11.1. The van der Waals surface area contributed by atoms with Crippen LogP contribution in [0.3, 0.4) is 0 Å². The van der Waals surface area contributed by atoms with Crippen molar-refractivity contribution in [2.75, 3.05) is 25.1 Å². The number of carbonyl (C=O) groups is 1. The van der Waals surface area contributed by atoms with Gasteiger partial charge in [-0.3, -0.25) is 4.79 Å². The lowest BCUT2D eigenvalue weighted by Crippen LogP contribution is -2.43. The second-order valence-electron chi connectivity index (χ2n) is 7.51. The van der Waals surface area contributed by atoms with Crippen molar-refractivity contribution >= 4 is 22.7 Å². The lowest BCUT2D eigenvalue weighted by atomic mass is 9.92. The molecule has 130 valence electrons. The second-order valence-corrected chi connectivity index (χ2v) is 7.51. The number of hydrogen-bond donors (Lipinski definition) is 2. The highest BCUT2D eigenvalue weighted by atomic mass is 16.5. The molecule has 0 saturated carbocycles. The normalized spacial score (nSPS) is 18.7. The van der Waals surface area contributed by atoms with Gasteiger partial charge in [0.25, 0.3) is 0 Å². The molecule has 24 heavy (non-hydrogen) atoms. The zero-order chi connectivity index (χ0) is 17.2. The highest BCUT2D eigenvalue weighted by Crippen LogP contribution is 2.25. The molecule has 1 unspecified atom stereocenters. The number of benzene rings is 1. The summed E-state index contributed by atoms with van der Waals surface area (Å²) in [5.41, 5.74) is 2.37. The molecular weight excluding hydrogens is 306 g/mol. The first kappa shape index (κ1) is 16.9. The van der Waals surface area contributed by atoms with E-state index in [0.29, 0.717) is 19.6 Å². The third kappa shape index (κ3) is 4.55. The molecule has 6 heteroatoms. The van der Waals surface area contributed by atoms with Crippen LogP contribution in [0.2, 0.25) is 0 Å². The summed E-state index contributed by atoms with van der Waals surface area (Å²) in [5, 5.41) is 6.20. The van der Waals surface area contributed by atoms with Crippen LogP contribution in [-0.4, -0.2) is 36.7 Å². The summed E-state index contributed by atoms with van der Waals surface area (Å²) in [6, 6.07) is 5.63. The van der Waals surface area contributed by atoms with E-state index in [9.17, 15) is 4.79 Å². The van der Waals surface area contributed by atoms with Gasteiger partial charge in [-0.05, 0) is 23.6 Å². The lowest BCUT2D eigenvalue weighted by Gasteiger charge is -2.23. The Bertz CT molecular complexity index is 712. The second kappa shape index (κ2) is 6.91. The summed E-state index contributed by atoms with van der Waals surface area (Å²) in [6.07, 6.45) is 1.17. The van der Waals surface area contributed by atoms with E-state index in [1.165, 1.54) is 0 Å². The molecule has 2 heterocycles. The van der Waals surface area contributed by atoms with Crippen molar-refractivity contribution in [3.8, 4) is 0 Å². The first-order valence-electron chi connectivity index (χ1n) is 8.39. The van der Waals surface area contributed by atoms with Gasteiger partial charge in [0.15, 0.2) is 11.5 Å². The van der Waals surface area contributed by atoms with Gasteiger partial charge in [0.1, 0.15) is 5.52 Å². The fourth-order valence-corrected chi connectivity index (χ4v) is 2.77. The molecular formula is C18H25N3O3. The van der Waals surface area contributed by atoms with Gasteiger partial charge in [-0.25, -0.2) is 4.98 Å². The zero-order valence-electron chi connectivity index (χ0n) is 14.5. The summed E-state index contributed by atoms with van der Waals surface area (Å²) in [6.45, 7) is 8.52. The number of amides is 1. The van der Waals surface area contributed by atoms with Crippen LogP contribution >= 0.6 is 0 Å². The molecule has 1 aromatic heterocycles. The SMILES string of the molecule is CC(C)(C)Cc1nc2cc(NC(=O)CC3COCCN3)ccc2o1. The minimum atomic E-state index is -0.0317. The molecule has 1 aliphatic heterocycles. The molecule has 1 amide bonds. The highest BCUT2D eigenvalue weighted by molar-refractivity contribution is 5.93. The quantitative estimate of drug-likeness (QED) is 0.901. The number of fused-ring (bicyclic) bond motifs is 1. The molecule has 0 radical (unpaired) electrons. The van der Waals surface area contributed by atoms with Crippen LogP contribution in [0.5, 0.6) is 0 Å². The van der Waals surface area contributed by atoms with Crippen LogP contribution in [0.25, 0.3) is 11.1 Å². The van der Waals surface area contributed by atoms with Gasteiger partial charge in [0.2, 0.25) is 5.91 Å². The van der Waals surface area contributed by atoms with E-state index in [-0.39, 0.29) is 17.4 Å². The van der Waals surface area contributed by atoms with Gasteiger partial charge in [-0.15, -0.1) is 0 Å². The Balaban J connectivity index is 1.65. The molecule has 1 aromatic carbocycles. The van der Waals surface area contributed by atoms with Gasteiger partial charge in [-0.1, -0.05) is 20.8 Å². The van der Waals surface area contributed by atoms with Crippen LogP contribution in [0.1, 0.15) is 33.1 Å². The minimum Gasteiger partial charge on any atom is -0.441 e. The Hall–Kier alpha value is -1.92. The van der Waals surface area contributed by atoms with Crippen LogP contribution in [0.15, 0.2) is 22.6 Å². The maximum absolute atomic E-state index is 12.2. The van der Waals surface area contributed by atoms with Crippen molar-refractivity contribution in [1.82, 2.24) is 10.3 Å². The van der Waals surface area contributed by atoms with E-state index in [1.54, 1.807) is 0 Å². The fourth-order valence-electron chi connectivity index (χ4n) is 2.77. The molecule has 0 aliphatic carbocycles. The number of nitrogens with one attached hydrogen (secondary N) is 2. The van der Waals surface area contributed by atoms with Crippen LogP contribution in [0.4, 0.5) is 5.69 Å². The van der Waals surface area contributed by atoms with E-state index in [2.05, 4.69) is 36.4 Å². The Morgan fingerprint density at radius 3 is 2.96 bits per heavy atom. The zero-order valence-corrected chi connectivity index (χ0v) is 14.5. The maximum atomic E-state index is 12.2. The van der Waals surface area contributed by atoms with Gasteiger partial charge >= 0.3 is 0 Å². The summed E-state index contributed by atoms with van der Waals surface area (Å²) in [7, 11) is 0. The van der Waals surface area contributed by atoms with Crippen LogP contribution in [0, 0.1) is 5.41 Å². The minimum absolute atomic E-state index is 0.0317. The number of oxazole rings is 1. The fraction of sp³-hybridized carbons (Fsp3) is 0.556. The molecule has 2 aromatic rings. The maximum Gasteiger partial charge on any atom is 0.226 e. The Morgan fingerprint density at radius 1 is 1.42 bits per heavy atom. The molecule has 1 fully saturated rings. The number of morpholine rings is 1. The van der Waals surface area contributed by atoms with Crippen molar-refractivity contribution in [2.45, 2.75) is 39.7 Å². The first-order chi connectivity index (χ1) is 11.4. The van der Waals surface area contributed by atoms with Gasteiger partial charge in [0.05, 0.1) is 13.2 Å². The Morgan fingerprint density at radius 2 is 2.25 bits per heavy atom. The third-order valence-corrected chi connectivity index (χ3v) is 3.83. The third-order valence-electron chi connectivity index (χ3n) is 3.83. The smallest absolute Gasteiger partial charge is 0.226 e. The molecule has 1 aliphatic rings. The van der Waals surface area contributed by atoms with Crippen molar-refractivity contribution in [1.29, 1.82) is 0 Å². The van der Waals surface area contributed by atoms with Crippen LogP contribution < -0.4 is 10.6 Å². The predicted octanol–water partition coefficient (Wildman–Crippen LogP) is 2.73. The van der Waals surface area contributed by atoms with E-state index in [4.69, 9.17) is 9.15 Å². The topological polar surface area (TPSA) is 76.4 Å². The van der Waals surface area contributed by atoms with E-state index in [0.717, 1.165) is 35.6 Å². The first-order valence-corrected chi connectivity index (χ1v) is 8.39. The largest absolute Gasteiger partial charge is 0.441 e. The molecule has 3 rings (SSSR count). The Kier molecular flexibility index (Phi) is 4.87.